The van der Waals surface area contributed by atoms with Gasteiger partial charge in [0.15, 0.2) is 0 Å². The Labute approximate surface area is 208 Å². The molecule has 7 nitrogen and oxygen atoms in total. The Bertz CT molecular complexity index is 961. The maximum Gasteiger partial charge on any atom is 0.252 e. The van der Waals surface area contributed by atoms with E-state index in [1.807, 2.05) is 30.3 Å². The van der Waals surface area contributed by atoms with E-state index in [1.165, 1.54) is 5.56 Å². The minimum Gasteiger partial charge on any atom is -0.338 e. The molecule has 2 rings (SSSR count). The van der Waals surface area contributed by atoms with Crippen LogP contribution in [0.1, 0.15) is 68.8 Å². The topological polar surface area (TPSA) is 98.7 Å². The number of unbranched alkanes of at least 4 members (excludes halogenated alkanes) is 2. The first-order valence-electron chi connectivity index (χ1n) is 12.5. The van der Waals surface area contributed by atoms with E-state index in [2.05, 4.69) is 43.5 Å². The van der Waals surface area contributed by atoms with Crippen LogP contribution in [0.15, 0.2) is 48.5 Å². The first kappa shape index (κ1) is 28.1. The number of benzene rings is 2. The van der Waals surface area contributed by atoms with Gasteiger partial charge >= 0.3 is 0 Å². The van der Waals surface area contributed by atoms with Gasteiger partial charge < -0.3 is 10.6 Å². The molecule has 0 aliphatic rings. The Kier molecular flexibility index (Phi) is 12.0. The van der Waals surface area contributed by atoms with Gasteiger partial charge in [-0.2, -0.15) is 0 Å². The first-order valence-corrected chi connectivity index (χ1v) is 12.5. The molecular formula is C28H39N3O4. The highest BCUT2D eigenvalue weighted by Gasteiger charge is 2.20. The van der Waals surface area contributed by atoms with Crippen molar-refractivity contribution in [3.63, 3.8) is 0 Å². The molecule has 0 fully saturated rings. The predicted molar refractivity (Wildman–Crippen MR) is 138 cm³/mol. The number of nitrogens with zero attached hydrogens (tertiary/aromatic N) is 1. The molecule has 190 valence electrons. The molecule has 0 aromatic heterocycles. The Morgan fingerprint density at radius 2 is 1.71 bits per heavy atom. The molecule has 35 heavy (non-hydrogen) atoms. The maximum absolute atomic E-state index is 12.7. The number of hydrogen-bond acceptors (Lipinski definition) is 4. The second kappa shape index (κ2) is 14.9. The molecule has 0 bridgehead atoms. The van der Waals surface area contributed by atoms with Crippen molar-refractivity contribution in [3.05, 3.63) is 59.7 Å². The zero-order valence-electron chi connectivity index (χ0n) is 21.1. The fourth-order valence-electron chi connectivity index (χ4n) is 3.87. The van der Waals surface area contributed by atoms with Crippen LogP contribution in [0, 0.1) is 11.8 Å². The third-order valence-corrected chi connectivity index (χ3v) is 5.96. The van der Waals surface area contributed by atoms with E-state index in [9.17, 15) is 19.6 Å². The normalized spacial score (nSPS) is 11.7. The van der Waals surface area contributed by atoms with Crippen molar-refractivity contribution in [1.29, 1.82) is 0 Å². The molecule has 2 aromatic carbocycles. The Morgan fingerprint density at radius 1 is 1.00 bits per heavy atom. The molecular weight excluding hydrogens is 442 g/mol. The van der Waals surface area contributed by atoms with E-state index in [1.54, 1.807) is 6.07 Å². The Balaban J connectivity index is 1.96. The quantitative estimate of drug-likeness (QED) is 0.112. The minimum absolute atomic E-state index is 0.0383. The average molecular weight is 482 g/mol. The zero-order valence-corrected chi connectivity index (χ0v) is 21.1. The van der Waals surface area contributed by atoms with Gasteiger partial charge in [0, 0.05) is 5.56 Å². The van der Waals surface area contributed by atoms with Gasteiger partial charge in [0.05, 0.1) is 19.1 Å². The van der Waals surface area contributed by atoms with E-state index < -0.39 is 5.92 Å². The molecule has 0 radical (unpaired) electrons. The van der Waals surface area contributed by atoms with Gasteiger partial charge in [-0.1, -0.05) is 76.4 Å². The molecule has 3 N–H and O–H groups in total. The van der Waals surface area contributed by atoms with Crippen molar-refractivity contribution in [3.8, 4) is 11.1 Å². The minimum atomic E-state index is -0.542. The van der Waals surface area contributed by atoms with Crippen LogP contribution in [0.2, 0.25) is 0 Å². The fraction of sp³-hybridized carbons (Fsp3) is 0.464. The van der Waals surface area contributed by atoms with E-state index in [4.69, 9.17) is 0 Å². The standard InChI is InChI=1S/C28H39N3O4/c1-4-5-6-10-26(18-31(35)20-32)28(34)30-19-29-27(33)25-13-8-12-24(17-25)23-11-7-9-22(16-23)15-14-21(2)3/h7-9,11-13,16-17,20-21,26,35H,4-6,10,14-15,18-19H2,1-3H3,(H,29,33)(H,30,34)/t26-/m1/s1. The lowest BCUT2D eigenvalue weighted by atomic mass is 9.97. The lowest BCUT2D eigenvalue weighted by Gasteiger charge is -2.19. The van der Waals surface area contributed by atoms with Crippen LogP contribution in [0.4, 0.5) is 0 Å². The molecule has 0 saturated carbocycles. The lowest BCUT2D eigenvalue weighted by molar-refractivity contribution is -0.154. The molecule has 0 heterocycles. The Morgan fingerprint density at radius 3 is 2.40 bits per heavy atom. The van der Waals surface area contributed by atoms with Crippen LogP contribution >= 0.6 is 0 Å². The van der Waals surface area contributed by atoms with Crippen molar-refractivity contribution in [1.82, 2.24) is 15.7 Å². The predicted octanol–water partition coefficient (Wildman–Crippen LogP) is 4.79. The fourth-order valence-corrected chi connectivity index (χ4v) is 3.87. The largest absolute Gasteiger partial charge is 0.338 e. The van der Waals surface area contributed by atoms with Crippen LogP contribution in [0.25, 0.3) is 11.1 Å². The van der Waals surface area contributed by atoms with Gasteiger partial charge in [-0.25, -0.2) is 5.06 Å². The van der Waals surface area contributed by atoms with Crippen molar-refractivity contribution >= 4 is 18.2 Å². The summed E-state index contributed by atoms with van der Waals surface area (Å²) in [6, 6.07) is 15.8. The number of hydroxylamine groups is 2. The van der Waals surface area contributed by atoms with Gasteiger partial charge in [-0.3, -0.25) is 19.6 Å². The smallest absolute Gasteiger partial charge is 0.252 e. The van der Waals surface area contributed by atoms with Gasteiger partial charge in [0.1, 0.15) is 0 Å². The molecule has 0 unspecified atom stereocenters. The monoisotopic (exact) mass is 481 g/mol. The second-order valence-electron chi connectivity index (χ2n) is 9.36. The number of carbonyl (C=O) groups is 3. The summed E-state index contributed by atoms with van der Waals surface area (Å²) in [4.78, 5) is 36.0. The molecule has 2 aromatic rings. The highest BCUT2D eigenvalue weighted by atomic mass is 16.5. The SMILES string of the molecule is CCCCC[C@H](CN(O)C=O)C(=O)NCNC(=O)c1cccc(-c2cccc(CCC(C)C)c2)c1. The molecule has 0 aliphatic heterocycles. The molecule has 0 saturated heterocycles. The summed E-state index contributed by atoms with van der Waals surface area (Å²) in [6.07, 6.45) is 5.77. The molecule has 0 aliphatic carbocycles. The summed E-state index contributed by atoms with van der Waals surface area (Å²) < 4.78 is 0. The van der Waals surface area contributed by atoms with Crippen molar-refractivity contribution < 1.29 is 19.6 Å². The maximum atomic E-state index is 12.7. The van der Waals surface area contributed by atoms with Crippen LogP contribution in [-0.4, -0.2) is 41.7 Å². The number of rotatable bonds is 15. The summed E-state index contributed by atoms with van der Waals surface area (Å²) in [7, 11) is 0. The van der Waals surface area contributed by atoms with E-state index in [0.29, 0.717) is 23.0 Å². The zero-order chi connectivity index (χ0) is 25.6. The first-order chi connectivity index (χ1) is 16.8. The van der Waals surface area contributed by atoms with Gasteiger partial charge in [0.25, 0.3) is 5.91 Å². The lowest BCUT2D eigenvalue weighted by Crippen LogP contribution is -2.43. The van der Waals surface area contributed by atoms with Crippen molar-refractivity contribution in [2.45, 2.75) is 59.3 Å². The Hall–Kier alpha value is -3.19. The van der Waals surface area contributed by atoms with Crippen LogP contribution in [0.5, 0.6) is 0 Å². The highest BCUT2D eigenvalue weighted by Crippen LogP contribution is 2.23. The van der Waals surface area contributed by atoms with Crippen molar-refractivity contribution in [2.75, 3.05) is 13.2 Å². The average Bonchev–Trinajstić information content (AvgIpc) is 2.86. The number of hydrogen-bond donors (Lipinski definition) is 3. The van der Waals surface area contributed by atoms with Gasteiger partial charge in [0.2, 0.25) is 12.3 Å². The highest BCUT2D eigenvalue weighted by molar-refractivity contribution is 5.95. The van der Waals surface area contributed by atoms with E-state index in [0.717, 1.165) is 43.2 Å². The molecule has 0 spiro atoms. The summed E-state index contributed by atoms with van der Waals surface area (Å²) in [5, 5.41) is 15.4. The number of carbonyl (C=O) groups excluding carboxylic acids is 3. The molecule has 3 amide bonds. The number of aryl methyl sites for hydroxylation is 1. The second-order valence-corrected chi connectivity index (χ2v) is 9.36. The van der Waals surface area contributed by atoms with E-state index in [-0.39, 0.29) is 31.4 Å². The third-order valence-electron chi connectivity index (χ3n) is 5.96. The van der Waals surface area contributed by atoms with Crippen LogP contribution in [0.3, 0.4) is 0 Å². The summed E-state index contributed by atoms with van der Waals surface area (Å²) in [6.45, 7) is 6.38. The van der Waals surface area contributed by atoms with Gasteiger partial charge in [-0.05, 0) is 54.0 Å². The molecule has 1 atom stereocenters. The summed E-state index contributed by atoms with van der Waals surface area (Å²) in [5.41, 5.74) is 3.80. The third kappa shape index (κ3) is 9.91. The molecule has 7 heteroatoms. The summed E-state index contributed by atoms with van der Waals surface area (Å²) in [5.74, 6) is -0.498. The van der Waals surface area contributed by atoms with Crippen LogP contribution < -0.4 is 10.6 Å². The van der Waals surface area contributed by atoms with Crippen molar-refractivity contribution in [2.24, 2.45) is 11.8 Å². The van der Waals surface area contributed by atoms with E-state index >= 15 is 0 Å². The number of nitrogens with one attached hydrogen (secondary N) is 2. The summed E-state index contributed by atoms with van der Waals surface area (Å²) >= 11 is 0. The van der Waals surface area contributed by atoms with Crippen LogP contribution in [-0.2, 0) is 16.0 Å². The number of amides is 3. The van der Waals surface area contributed by atoms with Gasteiger partial charge in [-0.15, -0.1) is 0 Å².